The molecule has 0 saturated carbocycles. The highest BCUT2D eigenvalue weighted by Crippen LogP contribution is 2.50. The molecule has 2 aromatic carbocycles. The quantitative estimate of drug-likeness (QED) is 0.822. The molecule has 0 aliphatic carbocycles. The number of rotatable bonds is 3. The van der Waals surface area contributed by atoms with E-state index in [2.05, 4.69) is 73.7 Å². The number of piperidine rings is 1. The minimum atomic E-state index is -0.367. The number of quaternary nitrogens is 1. The topological polar surface area (TPSA) is 38.2 Å². The molecule has 0 aromatic heterocycles. The fraction of sp³-hybridized carbons (Fsp3) is 0.440. The Kier molecular flexibility index (Phi) is 4.75. The molecule has 1 fully saturated rings. The maximum Gasteiger partial charge on any atom is 0.191 e. The van der Waals surface area contributed by atoms with Crippen molar-refractivity contribution in [3.8, 4) is 11.5 Å². The third-order valence-corrected chi connectivity index (χ3v) is 6.98. The first-order chi connectivity index (χ1) is 14.5. The lowest BCUT2D eigenvalue weighted by molar-refractivity contribution is -0.929. The lowest BCUT2D eigenvalue weighted by atomic mass is 9.92. The number of benzene rings is 2. The Morgan fingerprint density at radius 2 is 1.87 bits per heavy atom. The zero-order valence-corrected chi connectivity index (χ0v) is 18.4. The van der Waals surface area contributed by atoms with E-state index in [1.807, 2.05) is 6.07 Å². The van der Waals surface area contributed by atoms with Crippen LogP contribution in [0.1, 0.15) is 49.4 Å². The number of hydrogen-bond donors (Lipinski definition) is 2. The van der Waals surface area contributed by atoms with E-state index in [1.165, 1.54) is 11.1 Å². The molecule has 2 aromatic rings. The van der Waals surface area contributed by atoms with Gasteiger partial charge in [-0.25, -0.2) is 0 Å². The van der Waals surface area contributed by atoms with E-state index < -0.39 is 0 Å². The summed E-state index contributed by atoms with van der Waals surface area (Å²) in [5, 5.41) is 2.36. The SMILES string of the molecule is COc1cccc2c1OC1(CC[NH+](C(C)C)CC1)N1NC(c3ccc(C)cc3)=C[C@H]21. The van der Waals surface area contributed by atoms with E-state index >= 15 is 0 Å². The Morgan fingerprint density at radius 1 is 1.13 bits per heavy atom. The summed E-state index contributed by atoms with van der Waals surface area (Å²) >= 11 is 0. The maximum absolute atomic E-state index is 6.82. The number of aryl methyl sites for hydroxylation is 1. The number of hydrazine groups is 1. The van der Waals surface area contributed by atoms with E-state index in [9.17, 15) is 0 Å². The Bertz CT molecular complexity index is 959. The van der Waals surface area contributed by atoms with Crippen LogP contribution in [-0.4, -0.2) is 37.0 Å². The Labute approximate surface area is 179 Å². The molecule has 5 heteroatoms. The number of likely N-dealkylation sites (tertiary alicyclic amines) is 1. The molecule has 1 saturated heterocycles. The van der Waals surface area contributed by atoms with Gasteiger partial charge in [0.25, 0.3) is 0 Å². The van der Waals surface area contributed by atoms with Gasteiger partial charge >= 0.3 is 0 Å². The van der Waals surface area contributed by atoms with Crippen LogP contribution in [0.3, 0.4) is 0 Å². The summed E-state index contributed by atoms with van der Waals surface area (Å²) in [6.07, 6.45) is 4.31. The minimum Gasteiger partial charge on any atom is -0.493 e. The fourth-order valence-corrected chi connectivity index (χ4v) is 5.10. The summed E-state index contributed by atoms with van der Waals surface area (Å²) in [6.45, 7) is 8.95. The summed E-state index contributed by atoms with van der Waals surface area (Å²) < 4.78 is 12.5. The van der Waals surface area contributed by atoms with Crippen LogP contribution < -0.4 is 19.8 Å². The molecule has 3 aliphatic rings. The van der Waals surface area contributed by atoms with Gasteiger partial charge in [0.15, 0.2) is 17.2 Å². The van der Waals surface area contributed by atoms with Crippen molar-refractivity contribution < 1.29 is 14.4 Å². The fourth-order valence-electron chi connectivity index (χ4n) is 5.10. The normalized spacial score (nSPS) is 27.8. The highest BCUT2D eigenvalue weighted by atomic mass is 16.5. The molecule has 1 spiro atoms. The Morgan fingerprint density at radius 3 is 2.53 bits per heavy atom. The largest absolute Gasteiger partial charge is 0.493 e. The van der Waals surface area contributed by atoms with Gasteiger partial charge in [-0.1, -0.05) is 42.0 Å². The highest BCUT2D eigenvalue weighted by molar-refractivity contribution is 5.68. The zero-order chi connectivity index (χ0) is 20.9. The van der Waals surface area contributed by atoms with Crippen molar-refractivity contribution in [1.82, 2.24) is 10.4 Å². The monoisotopic (exact) mass is 406 g/mol. The van der Waals surface area contributed by atoms with E-state index in [4.69, 9.17) is 9.47 Å². The summed E-state index contributed by atoms with van der Waals surface area (Å²) in [4.78, 5) is 1.65. The van der Waals surface area contributed by atoms with Crippen LogP contribution in [0.4, 0.5) is 0 Å². The minimum absolute atomic E-state index is 0.126. The molecule has 30 heavy (non-hydrogen) atoms. The van der Waals surface area contributed by atoms with Gasteiger partial charge in [0.1, 0.15) is 0 Å². The van der Waals surface area contributed by atoms with Crippen LogP contribution in [0.25, 0.3) is 5.70 Å². The van der Waals surface area contributed by atoms with Crippen LogP contribution in [0, 0.1) is 6.92 Å². The van der Waals surface area contributed by atoms with E-state index in [0.29, 0.717) is 6.04 Å². The number of nitrogens with zero attached hydrogens (tertiary/aromatic N) is 1. The van der Waals surface area contributed by atoms with Crippen LogP contribution in [0.5, 0.6) is 11.5 Å². The molecule has 0 bridgehead atoms. The second-order valence-electron chi connectivity index (χ2n) is 9.11. The number of para-hydroxylation sites is 1. The van der Waals surface area contributed by atoms with Gasteiger partial charge in [-0.05, 0) is 38.5 Å². The molecule has 0 amide bonds. The molecule has 0 radical (unpaired) electrons. The third-order valence-electron chi connectivity index (χ3n) is 6.98. The number of hydrogen-bond acceptors (Lipinski definition) is 4. The molecular formula is C25H32N3O2+. The molecule has 2 N–H and O–H groups in total. The molecule has 5 nitrogen and oxygen atoms in total. The summed E-state index contributed by atoms with van der Waals surface area (Å²) in [5.74, 6) is 1.72. The van der Waals surface area contributed by atoms with Crippen molar-refractivity contribution in [2.45, 2.75) is 51.4 Å². The predicted molar refractivity (Wildman–Crippen MR) is 118 cm³/mol. The van der Waals surface area contributed by atoms with Crippen molar-refractivity contribution in [3.05, 3.63) is 65.2 Å². The molecule has 0 unspecified atom stereocenters. The first kappa shape index (κ1) is 19.5. The van der Waals surface area contributed by atoms with Gasteiger partial charge in [-0.3, -0.25) is 0 Å². The van der Waals surface area contributed by atoms with Crippen molar-refractivity contribution >= 4 is 5.70 Å². The van der Waals surface area contributed by atoms with Crippen molar-refractivity contribution in [2.75, 3.05) is 20.2 Å². The Hall–Kier alpha value is -2.50. The number of methoxy groups -OCH3 is 1. The second kappa shape index (κ2) is 7.33. The molecule has 158 valence electrons. The van der Waals surface area contributed by atoms with Crippen LogP contribution in [0.15, 0.2) is 48.5 Å². The number of ether oxygens (including phenoxy) is 2. The summed E-state index contributed by atoms with van der Waals surface area (Å²) in [6, 6.07) is 15.7. The van der Waals surface area contributed by atoms with Gasteiger partial charge in [-0.15, -0.1) is 0 Å². The number of nitrogens with one attached hydrogen (secondary N) is 2. The predicted octanol–water partition coefficient (Wildman–Crippen LogP) is 3.08. The molecule has 1 atom stereocenters. The van der Waals surface area contributed by atoms with E-state index in [0.717, 1.165) is 48.7 Å². The summed E-state index contributed by atoms with van der Waals surface area (Å²) in [7, 11) is 1.73. The first-order valence-corrected chi connectivity index (χ1v) is 11.1. The van der Waals surface area contributed by atoms with Gasteiger partial charge in [0, 0.05) is 5.56 Å². The Balaban J connectivity index is 1.55. The van der Waals surface area contributed by atoms with Gasteiger partial charge < -0.3 is 19.8 Å². The van der Waals surface area contributed by atoms with Gasteiger partial charge in [-0.2, -0.15) is 5.01 Å². The molecule has 3 heterocycles. The number of fused-ring (bicyclic) bond motifs is 4. The van der Waals surface area contributed by atoms with Crippen LogP contribution in [-0.2, 0) is 0 Å². The lowest BCUT2D eigenvalue weighted by Crippen LogP contribution is -3.16. The lowest BCUT2D eigenvalue weighted by Gasteiger charge is -2.51. The first-order valence-electron chi connectivity index (χ1n) is 11.1. The van der Waals surface area contributed by atoms with Crippen molar-refractivity contribution in [2.24, 2.45) is 0 Å². The van der Waals surface area contributed by atoms with E-state index in [1.54, 1.807) is 12.0 Å². The molecular weight excluding hydrogens is 374 g/mol. The average Bonchev–Trinajstić information content (AvgIpc) is 3.21. The van der Waals surface area contributed by atoms with Gasteiger partial charge in [0.05, 0.1) is 50.8 Å². The zero-order valence-electron chi connectivity index (χ0n) is 18.4. The average molecular weight is 407 g/mol. The standard InChI is InChI=1S/C25H31N3O2/c1-17(2)27-14-12-25(13-15-27)28-22(20-6-5-7-23(29-4)24(20)30-25)16-21(26-28)19-10-8-18(3)9-11-19/h5-11,16-17,22,26H,12-15H2,1-4H3/p+1/t22-/m1/s1. The summed E-state index contributed by atoms with van der Waals surface area (Å²) in [5.41, 5.74) is 8.15. The van der Waals surface area contributed by atoms with Gasteiger partial charge in [0.2, 0.25) is 0 Å². The van der Waals surface area contributed by atoms with Crippen LogP contribution in [0.2, 0.25) is 0 Å². The smallest absolute Gasteiger partial charge is 0.191 e. The van der Waals surface area contributed by atoms with Crippen molar-refractivity contribution in [3.63, 3.8) is 0 Å². The second-order valence-corrected chi connectivity index (χ2v) is 9.11. The molecule has 5 rings (SSSR count). The highest BCUT2D eigenvalue weighted by Gasteiger charge is 2.53. The van der Waals surface area contributed by atoms with Crippen LogP contribution >= 0.6 is 0 Å². The van der Waals surface area contributed by atoms with E-state index in [-0.39, 0.29) is 11.8 Å². The van der Waals surface area contributed by atoms with Crippen molar-refractivity contribution in [1.29, 1.82) is 0 Å². The maximum atomic E-state index is 6.82. The third kappa shape index (κ3) is 3.08. The molecule has 3 aliphatic heterocycles.